The summed E-state index contributed by atoms with van der Waals surface area (Å²) in [6, 6.07) is 0. The van der Waals surface area contributed by atoms with E-state index in [4.69, 9.17) is 10.9 Å². The van der Waals surface area contributed by atoms with Gasteiger partial charge >= 0.3 is 0 Å². The van der Waals surface area contributed by atoms with Crippen LogP contribution in [-0.4, -0.2) is 33.8 Å². The quantitative estimate of drug-likeness (QED) is 0.422. The minimum atomic E-state index is -3.31. The molecule has 5 nitrogen and oxygen atoms in total. The molecule has 0 unspecified atom stereocenters. The second-order valence-electron chi connectivity index (χ2n) is 2.26. The zero-order valence-corrected chi connectivity index (χ0v) is 7.23. The van der Waals surface area contributed by atoms with Crippen molar-refractivity contribution < 1.29 is 8.42 Å². The van der Waals surface area contributed by atoms with Gasteiger partial charge in [0.2, 0.25) is 10.0 Å². The van der Waals surface area contributed by atoms with E-state index < -0.39 is 10.0 Å². The van der Waals surface area contributed by atoms with Gasteiger partial charge in [-0.25, -0.2) is 13.6 Å². The summed E-state index contributed by atoms with van der Waals surface area (Å²) < 4.78 is 20.8. The van der Waals surface area contributed by atoms with E-state index in [1.54, 1.807) is 0 Å². The summed E-state index contributed by atoms with van der Waals surface area (Å²) in [5.41, 5.74) is 5.21. The van der Waals surface area contributed by atoms with Crippen molar-refractivity contribution in [1.29, 1.82) is 0 Å². The molecular weight excluding hydrogens is 166 g/mol. The molecule has 0 spiro atoms. The van der Waals surface area contributed by atoms with Crippen LogP contribution in [0.4, 0.5) is 0 Å². The third-order valence-corrected chi connectivity index (χ3v) is 1.89. The Morgan fingerprint density at radius 2 is 1.91 bits per heavy atom. The fourth-order valence-electron chi connectivity index (χ4n) is 0.566. The highest BCUT2D eigenvalue weighted by molar-refractivity contribution is 7.89. The zero-order chi connectivity index (χ0) is 8.74. The minimum Gasteiger partial charge on any atom is -0.330 e. The molecule has 68 valence electrons. The van der Waals surface area contributed by atoms with Crippen LogP contribution in [0, 0.1) is 0 Å². The normalized spacial score (nSPS) is 11.8. The summed E-state index contributed by atoms with van der Waals surface area (Å²) in [5, 5.41) is 7.66. The van der Waals surface area contributed by atoms with Crippen molar-refractivity contribution in [3.05, 3.63) is 0 Å². The standard InChI is InChI=1S/C5H15N3O2S/c6-2-1-3-8-4-5-11(7,9)10/h8H,1-6H2,(H2,7,9,10). The Kier molecular flexibility index (Phi) is 5.39. The summed E-state index contributed by atoms with van der Waals surface area (Å²) in [6.45, 7) is 1.76. The molecule has 0 heterocycles. The molecule has 0 amide bonds. The van der Waals surface area contributed by atoms with E-state index in [0.717, 1.165) is 13.0 Å². The molecule has 0 aromatic rings. The third kappa shape index (κ3) is 9.83. The van der Waals surface area contributed by atoms with Crippen molar-refractivity contribution >= 4 is 10.0 Å². The fourth-order valence-corrected chi connectivity index (χ4v) is 0.995. The number of hydrogen-bond acceptors (Lipinski definition) is 4. The Bertz CT molecular complexity index is 178. The van der Waals surface area contributed by atoms with E-state index in [1.165, 1.54) is 0 Å². The van der Waals surface area contributed by atoms with Gasteiger partial charge in [-0.2, -0.15) is 0 Å². The number of hydrogen-bond donors (Lipinski definition) is 3. The Morgan fingerprint density at radius 3 is 2.36 bits per heavy atom. The van der Waals surface area contributed by atoms with Crippen LogP contribution in [0.2, 0.25) is 0 Å². The maximum Gasteiger partial charge on any atom is 0.210 e. The molecule has 0 aliphatic rings. The molecule has 0 radical (unpaired) electrons. The van der Waals surface area contributed by atoms with Gasteiger partial charge in [-0.3, -0.25) is 0 Å². The molecule has 0 aliphatic carbocycles. The van der Waals surface area contributed by atoms with Crippen LogP contribution in [0.15, 0.2) is 0 Å². The number of rotatable bonds is 6. The monoisotopic (exact) mass is 181 g/mol. The molecule has 0 aromatic heterocycles. The predicted octanol–water partition coefficient (Wildman–Crippen LogP) is -1.79. The van der Waals surface area contributed by atoms with Gasteiger partial charge in [-0.1, -0.05) is 0 Å². The molecule has 0 bridgehead atoms. The summed E-state index contributed by atoms with van der Waals surface area (Å²) in [5.74, 6) is -0.0163. The first-order valence-corrected chi connectivity index (χ1v) is 5.19. The van der Waals surface area contributed by atoms with Gasteiger partial charge in [0.25, 0.3) is 0 Å². The lowest BCUT2D eigenvalue weighted by molar-refractivity contribution is 0.591. The second kappa shape index (κ2) is 5.48. The van der Waals surface area contributed by atoms with Crippen molar-refractivity contribution in [1.82, 2.24) is 5.32 Å². The predicted molar refractivity (Wildman–Crippen MR) is 44.5 cm³/mol. The van der Waals surface area contributed by atoms with Gasteiger partial charge in [0.05, 0.1) is 5.75 Å². The van der Waals surface area contributed by atoms with Crippen LogP contribution < -0.4 is 16.2 Å². The Hall–Kier alpha value is -0.170. The zero-order valence-electron chi connectivity index (χ0n) is 6.41. The van der Waals surface area contributed by atoms with Crippen LogP contribution >= 0.6 is 0 Å². The molecule has 0 fully saturated rings. The topological polar surface area (TPSA) is 98.2 Å². The summed E-state index contributed by atoms with van der Waals surface area (Å²) in [4.78, 5) is 0. The molecule has 0 atom stereocenters. The summed E-state index contributed by atoms with van der Waals surface area (Å²) in [6.07, 6.45) is 0.852. The second-order valence-corrected chi connectivity index (χ2v) is 3.99. The van der Waals surface area contributed by atoms with Crippen molar-refractivity contribution in [2.24, 2.45) is 10.9 Å². The number of primary sulfonamides is 1. The molecule has 5 N–H and O–H groups in total. The smallest absolute Gasteiger partial charge is 0.210 e. The number of nitrogens with one attached hydrogen (secondary N) is 1. The molecule has 0 aromatic carbocycles. The van der Waals surface area contributed by atoms with Gasteiger partial charge in [0, 0.05) is 6.54 Å². The van der Waals surface area contributed by atoms with Crippen molar-refractivity contribution in [3.63, 3.8) is 0 Å². The van der Waals surface area contributed by atoms with Gasteiger partial charge < -0.3 is 11.1 Å². The molecule has 0 rings (SSSR count). The SMILES string of the molecule is NCCCNCCS(N)(=O)=O. The van der Waals surface area contributed by atoms with E-state index in [0.29, 0.717) is 13.1 Å². The highest BCUT2D eigenvalue weighted by Gasteiger charge is 1.99. The average Bonchev–Trinajstić information content (AvgIpc) is 1.85. The molecule has 0 aliphatic heterocycles. The van der Waals surface area contributed by atoms with Gasteiger partial charge in [-0.15, -0.1) is 0 Å². The van der Waals surface area contributed by atoms with Gasteiger partial charge in [-0.05, 0) is 19.5 Å². The minimum absolute atomic E-state index is 0.0163. The highest BCUT2D eigenvalue weighted by Crippen LogP contribution is 1.75. The van der Waals surface area contributed by atoms with Crippen molar-refractivity contribution in [3.8, 4) is 0 Å². The van der Waals surface area contributed by atoms with E-state index in [1.807, 2.05) is 0 Å². The lowest BCUT2D eigenvalue weighted by atomic mass is 10.4. The lowest BCUT2D eigenvalue weighted by Crippen LogP contribution is -2.28. The first-order chi connectivity index (χ1) is 5.06. The Morgan fingerprint density at radius 1 is 1.27 bits per heavy atom. The van der Waals surface area contributed by atoms with E-state index in [2.05, 4.69) is 5.32 Å². The van der Waals surface area contributed by atoms with Gasteiger partial charge in [0.15, 0.2) is 0 Å². The lowest BCUT2D eigenvalue weighted by Gasteiger charge is -2.00. The molecule has 11 heavy (non-hydrogen) atoms. The maximum atomic E-state index is 10.4. The molecule has 0 saturated heterocycles. The molecular formula is C5H15N3O2S. The van der Waals surface area contributed by atoms with Crippen LogP contribution in [0.1, 0.15) is 6.42 Å². The van der Waals surface area contributed by atoms with Crippen molar-refractivity contribution in [2.45, 2.75) is 6.42 Å². The Balaban J connectivity index is 3.16. The van der Waals surface area contributed by atoms with Gasteiger partial charge in [0.1, 0.15) is 0 Å². The maximum absolute atomic E-state index is 10.4. The summed E-state index contributed by atoms with van der Waals surface area (Å²) >= 11 is 0. The largest absolute Gasteiger partial charge is 0.330 e. The molecule has 6 heteroatoms. The molecule has 0 saturated carbocycles. The number of sulfonamides is 1. The number of nitrogens with two attached hydrogens (primary N) is 2. The summed E-state index contributed by atoms with van der Waals surface area (Å²) in [7, 11) is -3.31. The van der Waals surface area contributed by atoms with Crippen molar-refractivity contribution in [2.75, 3.05) is 25.4 Å². The van der Waals surface area contributed by atoms with Crippen LogP contribution in [-0.2, 0) is 10.0 Å². The van der Waals surface area contributed by atoms with Crippen LogP contribution in [0.5, 0.6) is 0 Å². The van der Waals surface area contributed by atoms with E-state index in [-0.39, 0.29) is 5.75 Å². The fraction of sp³-hybridized carbons (Fsp3) is 1.00. The average molecular weight is 181 g/mol. The highest BCUT2D eigenvalue weighted by atomic mass is 32.2. The third-order valence-electron chi connectivity index (χ3n) is 1.12. The first kappa shape index (κ1) is 10.8. The Labute approximate surface area is 67.2 Å². The van der Waals surface area contributed by atoms with E-state index >= 15 is 0 Å². The first-order valence-electron chi connectivity index (χ1n) is 3.47. The van der Waals surface area contributed by atoms with Crippen LogP contribution in [0.3, 0.4) is 0 Å². The van der Waals surface area contributed by atoms with Crippen LogP contribution in [0.25, 0.3) is 0 Å². The van der Waals surface area contributed by atoms with E-state index in [9.17, 15) is 8.42 Å².